The summed E-state index contributed by atoms with van der Waals surface area (Å²) in [5, 5.41) is 0. The highest BCUT2D eigenvalue weighted by Crippen LogP contribution is 2.19. The molecule has 1 aliphatic heterocycles. The second-order valence-electron chi connectivity index (χ2n) is 6.21. The number of benzene rings is 1. The lowest BCUT2D eigenvalue weighted by atomic mass is 10.1. The maximum Gasteiger partial charge on any atom is 0.271 e. The number of pyridine rings is 1. The Labute approximate surface area is 149 Å². The molecule has 0 saturated carbocycles. The molecule has 1 aromatic carbocycles. The van der Waals surface area contributed by atoms with E-state index in [0.29, 0.717) is 17.9 Å². The molecule has 0 amide bonds. The number of rotatable bonds is 2. The Bertz CT molecular complexity index is 1080. The second-order valence-corrected chi connectivity index (χ2v) is 7.22. The smallest absolute Gasteiger partial charge is 0.271 e. The van der Waals surface area contributed by atoms with Crippen molar-refractivity contribution in [2.24, 2.45) is 4.99 Å². The van der Waals surface area contributed by atoms with Gasteiger partial charge in [-0.2, -0.15) is 0 Å². The standard InChI is InChI=1S/C19H18N4OS/c1-13-7-14(2)9-16(8-13)22-11-21-19-23(12-22)18(24)17(25-19)10-15-5-3-4-6-20-15/h3-10H,11-12H2,1-2H3. The molecule has 0 unspecified atom stereocenters. The first kappa shape index (κ1) is 15.8. The van der Waals surface area contributed by atoms with Gasteiger partial charge in [-0.1, -0.05) is 23.5 Å². The van der Waals surface area contributed by atoms with Gasteiger partial charge in [0, 0.05) is 11.9 Å². The number of hydrogen-bond acceptors (Lipinski definition) is 5. The summed E-state index contributed by atoms with van der Waals surface area (Å²) in [6.07, 6.45) is 3.55. The van der Waals surface area contributed by atoms with Crippen LogP contribution in [0.3, 0.4) is 0 Å². The van der Waals surface area contributed by atoms with Crippen molar-refractivity contribution in [1.29, 1.82) is 0 Å². The van der Waals surface area contributed by atoms with Crippen LogP contribution < -0.4 is 19.8 Å². The fraction of sp³-hybridized carbons (Fsp3) is 0.211. The third kappa shape index (κ3) is 3.13. The Morgan fingerprint density at radius 1 is 1.16 bits per heavy atom. The lowest BCUT2D eigenvalue weighted by molar-refractivity contribution is 0.569. The topological polar surface area (TPSA) is 50.5 Å². The van der Waals surface area contributed by atoms with E-state index in [1.165, 1.54) is 22.5 Å². The van der Waals surface area contributed by atoms with Crippen molar-refractivity contribution in [2.45, 2.75) is 20.5 Å². The summed E-state index contributed by atoms with van der Waals surface area (Å²) in [7, 11) is 0. The highest BCUT2D eigenvalue weighted by molar-refractivity contribution is 7.07. The SMILES string of the molecule is Cc1cc(C)cc(N2CN=c3sc(=Cc4ccccn4)c(=O)n3C2)c1. The molecule has 0 N–H and O–H groups in total. The molecule has 5 nitrogen and oxygen atoms in total. The highest BCUT2D eigenvalue weighted by atomic mass is 32.1. The molecule has 25 heavy (non-hydrogen) atoms. The van der Waals surface area contributed by atoms with Crippen molar-refractivity contribution < 1.29 is 0 Å². The lowest BCUT2D eigenvalue weighted by Gasteiger charge is -2.26. The van der Waals surface area contributed by atoms with Gasteiger partial charge in [0.2, 0.25) is 0 Å². The largest absolute Gasteiger partial charge is 0.334 e. The van der Waals surface area contributed by atoms with E-state index in [4.69, 9.17) is 0 Å². The molecule has 2 aromatic heterocycles. The van der Waals surface area contributed by atoms with Crippen molar-refractivity contribution in [3.8, 4) is 0 Å². The number of hydrogen-bond donors (Lipinski definition) is 0. The van der Waals surface area contributed by atoms with Crippen LogP contribution in [0.1, 0.15) is 16.8 Å². The van der Waals surface area contributed by atoms with Crippen molar-refractivity contribution >= 4 is 23.1 Å². The van der Waals surface area contributed by atoms with Gasteiger partial charge in [-0.05, 0) is 55.3 Å². The lowest BCUT2D eigenvalue weighted by Crippen LogP contribution is -2.42. The fourth-order valence-electron chi connectivity index (χ4n) is 3.00. The molecule has 0 aliphatic carbocycles. The average molecular weight is 350 g/mol. The summed E-state index contributed by atoms with van der Waals surface area (Å²) in [4.78, 5) is 24.5. The minimum Gasteiger partial charge on any atom is -0.334 e. The molecule has 4 rings (SSSR count). The van der Waals surface area contributed by atoms with Gasteiger partial charge in [0.15, 0.2) is 4.80 Å². The maximum absolute atomic E-state index is 12.8. The normalized spacial score (nSPS) is 14.3. The van der Waals surface area contributed by atoms with Gasteiger partial charge in [-0.25, -0.2) is 4.99 Å². The van der Waals surface area contributed by atoms with Crippen LogP contribution in [0.25, 0.3) is 6.08 Å². The van der Waals surface area contributed by atoms with E-state index < -0.39 is 0 Å². The molecule has 3 aromatic rings. The Balaban J connectivity index is 1.73. The van der Waals surface area contributed by atoms with E-state index >= 15 is 0 Å². The number of aryl methyl sites for hydroxylation is 2. The van der Waals surface area contributed by atoms with Crippen molar-refractivity contribution in [3.63, 3.8) is 0 Å². The molecule has 0 fully saturated rings. The summed E-state index contributed by atoms with van der Waals surface area (Å²) in [6.45, 7) is 5.25. The molecule has 0 radical (unpaired) electrons. The fourth-order valence-corrected chi connectivity index (χ4v) is 3.95. The highest BCUT2D eigenvalue weighted by Gasteiger charge is 2.16. The number of anilines is 1. The van der Waals surface area contributed by atoms with Crippen LogP contribution in [0, 0.1) is 13.8 Å². The minimum absolute atomic E-state index is 0.0107. The third-order valence-corrected chi connectivity index (χ3v) is 5.16. The Kier molecular flexibility index (Phi) is 3.97. The van der Waals surface area contributed by atoms with E-state index in [1.807, 2.05) is 24.3 Å². The van der Waals surface area contributed by atoms with E-state index in [-0.39, 0.29) is 5.56 Å². The van der Waals surface area contributed by atoms with Crippen LogP contribution in [0.15, 0.2) is 52.4 Å². The quantitative estimate of drug-likeness (QED) is 0.708. The summed E-state index contributed by atoms with van der Waals surface area (Å²) >= 11 is 1.42. The van der Waals surface area contributed by atoms with Crippen LogP contribution in [0.5, 0.6) is 0 Å². The summed E-state index contributed by atoms with van der Waals surface area (Å²) in [5.41, 5.74) is 4.29. The molecular formula is C19H18N4OS. The number of nitrogens with zero attached hydrogens (tertiary/aromatic N) is 4. The second kappa shape index (κ2) is 6.29. The van der Waals surface area contributed by atoms with Crippen molar-refractivity contribution in [3.05, 3.63) is 79.1 Å². The summed E-state index contributed by atoms with van der Waals surface area (Å²) < 4.78 is 2.40. The van der Waals surface area contributed by atoms with Crippen LogP contribution in [-0.4, -0.2) is 16.2 Å². The molecule has 0 saturated heterocycles. The third-order valence-electron chi connectivity index (χ3n) is 4.12. The predicted octanol–water partition coefficient (Wildman–Crippen LogP) is 1.81. The molecule has 0 spiro atoms. The zero-order valence-corrected chi connectivity index (χ0v) is 15.0. The van der Waals surface area contributed by atoms with Gasteiger partial charge < -0.3 is 4.90 Å². The van der Waals surface area contributed by atoms with E-state index in [0.717, 1.165) is 16.2 Å². The molecule has 0 atom stereocenters. The van der Waals surface area contributed by atoms with Gasteiger partial charge in [-0.3, -0.25) is 14.3 Å². The zero-order valence-electron chi connectivity index (χ0n) is 14.1. The predicted molar refractivity (Wildman–Crippen MR) is 100 cm³/mol. The molecule has 6 heteroatoms. The molecule has 3 heterocycles. The van der Waals surface area contributed by atoms with E-state index in [9.17, 15) is 4.79 Å². The van der Waals surface area contributed by atoms with Gasteiger partial charge in [-0.15, -0.1) is 0 Å². The van der Waals surface area contributed by atoms with Gasteiger partial charge in [0.1, 0.15) is 13.3 Å². The number of thiazole rings is 1. The molecular weight excluding hydrogens is 332 g/mol. The van der Waals surface area contributed by atoms with Gasteiger partial charge in [0.25, 0.3) is 5.56 Å². The van der Waals surface area contributed by atoms with Gasteiger partial charge in [0.05, 0.1) is 10.2 Å². The van der Waals surface area contributed by atoms with Crippen LogP contribution >= 0.6 is 11.3 Å². The Hall–Kier alpha value is -2.73. The van der Waals surface area contributed by atoms with Crippen LogP contribution in [0.2, 0.25) is 0 Å². The number of fused-ring (bicyclic) bond motifs is 1. The van der Waals surface area contributed by atoms with E-state index in [2.05, 4.69) is 46.9 Å². The summed E-state index contributed by atoms with van der Waals surface area (Å²) in [5.74, 6) is 0. The van der Waals surface area contributed by atoms with Crippen LogP contribution in [0.4, 0.5) is 5.69 Å². The van der Waals surface area contributed by atoms with Crippen LogP contribution in [-0.2, 0) is 6.67 Å². The van der Waals surface area contributed by atoms with Gasteiger partial charge >= 0.3 is 0 Å². The van der Waals surface area contributed by atoms with Crippen molar-refractivity contribution in [2.75, 3.05) is 11.6 Å². The number of aromatic nitrogens is 2. The monoisotopic (exact) mass is 350 g/mol. The van der Waals surface area contributed by atoms with Crippen molar-refractivity contribution in [1.82, 2.24) is 9.55 Å². The first-order valence-corrected chi connectivity index (χ1v) is 8.92. The first-order chi connectivity index (χ1) is 12.1. The maximum atomic E-state index is 12.8. The summed E-state index contributed by atoms with van der Waals surface area (Å²) in [6, 6.07) is 12.1. The molecule has 1 aliphatic rings. The Morgan fingerprint density at radius 2 is 1.96 bits per heavy atom. The first-order valence-electron chi connectivity index (χ1n) is 8.10. The average Bonchev–Trinajstić information content (AvgIpc) is 2.90. The Morgan fingerprint density at radius 3 is 2.68 bits per heavy atom. The molecule has 0 bridgehead atoms. The zero-order chi connectivity index (χ0) is 17.4. The molecule has 126 valence electrons. The van der Waals surface area contributed by atoms with E-state index in [1.54, 1.807) is 10.8 Å². The minimum atomic E-state index is -0.0107.